The number of nitrogens with one attached hydrogen (secondary N) is 2. The van der Waals surface area contributed by atoms with E-state index in [0.29, 0.717) is 54.8 Å². The molecule has 1 aliphatic carbocycles. The largest absolute Gasteiger partial charge is 0.362 e. The number of imidazole rings is 1. The maximum Gasteiger partial charge on any atom is 0.329 e. The first kappa shape index (κ1) is 44.2. The van der Waals surface area contributed by atoms with E-state index >= 15 is 4.39 Å². The van der Waals surface area contributed by atoms with Crippen LogP contribution in [-0.4, -0.2) is 128 Å². The van der Waals surface area contributed by atoms with Gasteiger partial charge in [0, 0.05) is 58.6 Å². The van der Waals surface area contributed by atoms with Crippen molar-refractivity contribution in [3.63, 3.8) is 0 Å². The molecule has 1 saturated carbocycles. The number of anilines is 2. The van der Waals surface area contributed by atoms with Crippen LogP contribution in [0.2, 0.25) is 0 Å². The van der Waals surface area contributed by atoms with Crippen LogP contribution in [0.25, 0.3) is 16.7 Å². The molecule has 5 aromatic rings. The van der Waals surface area contributed by atoms with Crippen LogP contribution in [0.5, 0.6) is 0 Å². The summed E-state index contributed by atoms with van der Waals surface area (Å²) >= 11 is 0. The Balaban J connectivity index is 0.762. The fourth-order valence-electron chi connectivity index (χ4n) is 9.48. The molecule has 7 heterocycles. The minimum absolute atomic E-state index is 0.00872. The molecule has 0 spiro atoms. The Hall–Kier alpha value is -6.05. The van der Waals surface area contributed by atoms with E-state index in [1.807, 2.05) is 4.90 Å². The van der Waals surface area contributed by atoms with Crippen molar-refractivity contribution in [2.75, 3.05) is 61.1 Å². The molecule has 1 unspecified atom stereocenters. The van der Waals surface area contributed by atoms with Crippen LogP contribution in [0.3, 0.4) is 0 Å². The lowest BCUT2D eigenvalue weighted by Crippen LogP contribution is -2.47. The second kappa shape index (κ2) is 18.1. The number of amides is 3. The van der Waals surface area contributed by atoms with E-state index in [2.05, 4.69) is 42.6 Å². The average molecular weight is 920 g/mol. The van der Waals surface area contributed by atoms with Gasteiger partial charge in [0.25, 0.3) is 12.3 Å². The van der Waals surface area contributed by atoms with Gasteiger partial charge in [-0.15, -0.1) is 0 Å². The van der Waals surface area contributed by atoms with Crippen LogP contribution in [0.1, 0.15) is 85.1 Å². The number of alkyl halides is 3. The average Bonchev–Trinajstić information content (AvgIpc) is 3.97. The third kappa shape index (κ3) is 9.13. The van der Waals surface area contributed by atoms with Crippen molar-refractivity contribution < 1.29 is 40.7 Å². The number of imide groups is 1. The first-order valence-electron chi connectivity index (χ1n) is 21.7. The predicted octanol–water partition coefficient (Wildman–Crippen LogP) is 3.19. The van der Waals surface area contributed by atoms with E-state index in [9.17, 15) is 36.4 Å². The Labute approximate surface area is 371 Å². The van der Waals surface area contributed by atoms with Crippen molar-refractivity contribution in [3.8, 4) is 11.8 Å². The Bertz CT molecular complexity index is 2880. The van der Waals surface area contributed by atoms with E-state index in [-0.39, 0.29) is 85.4 Å². The Morgan fingerprint density at radius 3 is 2.57 bits per heavy atom. The van der Waals surface area contributed by atoms with Gasteiger partial charge in [0.05, 0.1) is 52.1 Å². The Morgan fingerprint density at radius 2 is 1.83 bits per heavy atom. The summed E-state index contributed by atoms with van der Waals surface area (Å²) in [7, 11) is -1.52. The van der Waals surface area contributed by atoms with Gasteiger partial charge in [0.15, 0.2) is 21.2 Å². The van der Waals surface area contributed by atoms with Crippen molar-refractivity contribution in [2.45, 2.75) is 75.7 Å². The number of likely N-dealkylation sites (tertiary alicyclic amines) is 1. The minimum atomic E-state index is -3.12. The second-order valence-corrected chi connectivity index (χ2v) is 19.5. The molecule has 0 bridgehead atoms. The molecule has 3 atom stereocenters. The summed E-state index contributed by atoms with van der Waals surface area (Å²) < 4.78 is 79.5. The monoisotopic (exact) mass is 919 g/mol. The van der Waals surface area contributed by atoms with Crippen LogP contribution in [-0.2, 0) is 31.2 Å². The molecule has 344 valence electrons. The molecule has 65 heavy (non-hydrogen) atoms. The molecule has 2 N–H and O–H groups in total. The number of halogens is 3. The number of para-hydroxylation sites is 1. The zero-order valence-corrected chi connectivity index (χ0v) is 36.4. The first-order valence-corrected chi connectivity index (χ1v) is 23.5. The number of piperidine rings is 2. The summed E-state index contributed by atoms with van der Waals surface area (Å²) in [5.74, 6) is 5.17. The highest BCUT2D eigenvalue weighted by Gasteiger charge is 2.34. The van der Waals surface area contributed by atoms with Crippen molar-refractivity contribution in [2.24, 2.45) is 13.0 Å². The maximum absolute atomic E-state index is 15.5. The molecular weight excluding hydrogens is 872 g/mol. The van der Waals surface area contributed by atoms with Gasteiger partial charge in [0.1, 0.15) is 30.2 Å². The molecule has 18 nitrogen and oxygen atoms in total. The number of hydrogen-bond acceptors (Lipinski definition) is 12. The van der Waals surface area contributed by atoms with E-state index < -0.39 is 57.8 Å². The van der Waals surface area contributed by atoms with Crippen LogP contribution >= 0.6 is 0 Å². The van der Waals surface area contributed by atoms with Crippen molar-refractivity contribution >= 4 is 55.7 Å². The molecule has 3 aliphatic heterocycles. The minimum Gasteiger partial charge on any atom is -0.362 e. The van der Waals surface area contributed by atoms with Crippen LogP contribution in [0.4, 0.5) is 24.7 Å². The molecule has 4 fully saturated rings. The van der Waals surface area contributed by atoms with E-state index in [4.69, 9.17) is 4.74 Å². The summed E-state index contributed by atoms with van der Waals surface area (Å²) in [6, 6.07) is 5.93. The van der Waals surface area contributed by atoms with Crippen LogP contribution in [0.15, 0.2) is 47.7 Å². The number of hydrogen-bond donors (Lipinski definition) is 2. The van der Waals surface area contributed by atoms with E-state index in [1.54, 1.807) is 37.5 Å². The van der Waals surface area contributed by atoms with Crippen molar-refractivity contribution in [1.29, 1.82) is 0 Å². The van der Waals surface area contributed by atoms with Gasteiger partial charge in [-0.2, -0.15) is 10.2 Å². The molecule has 1 aromatic carbocycles. The highest BCUT2D eigenvalue weighted by molar-refractivity contribution is 7.91. The van der Waals surface area contributed by atoms with Gasteiger partial charge in [-0.3, -0.25) is 38.4 Å². The molecule has 3 amide bonds. The van der Waals surface area contributed by atoms with Crippen molar-refractivity contribution in [3.05, 3.63) is 70.2 Å². The number of sulfone groups is 1. The van der Waals surface area contributed by atoms with Gasteiger partial charge in [-0.1, -0.05) is 17.9 Å². The molecule has 22 heteroatoms. The Morgan fingerprint density at radius 1 is 1.05 bits per heavy atom. The smallest absolute Gasteiger partial charge is 0.329 e. The lowest BCUT2D eigenvalue weighted by Gasteiger charge is -2.38. The topological polar surface area (TPSA) is 200 Å². The number of carbonyl (C=O) groups excluding carboxylic acids is 3. The van der Waals surface area contributed by atoms with Gasteiger partial charge in [0.2, 0.25) is 11.8 Å². The van der Waals surface area contributed by atoms with Crippen molar-refractivity contribution in [1.82, 2.24) is 43.7 Å². The lowest BCUT2D eigenvalue weighted by molar-refractivity contribution is -0.135. The number of aromatic nitrogens is 7. The number of nitrogens with zero attached hydrogens (tertiary/aromatic N) is 9. The third-order valence-electron chi connectivity index (χ3n) is 13.0. The number of carbonyl (C=O) groups is 3. The maximum atomic E-state index is 15.5. The zero-order chi connectivity index (χ0) is 45.6. The number of ether oxygens (including phenoxy) is 1. The van der Waals surface area contributed by atoms with E-state index in [1.165, 1.54) is 30.7 Å². The van der Waals surface area contributed by atoms with E-state index in [0.717, 1.165) is 12.8 Å². The summed E-state index contributed by atoms with van der Waals surface area (Å²) in [4.78, 5) is 59.5. The number of benzene rings is 1. The molecule has 4 aromatic heterocycles. The van der Waals surface area contributed by atoms with Crippen LogP contribution < -0.4 is 21.2 Å². The quantitative estimate of drug-likeness (QED) is 0.154. The molecular formula is C43H48F3N11O7S. The zero-order valence-electron chi connectivity index (χ0n) is 35.5. The lowest BCUT2D eigenvalue weighted by atomic mass is 9.85. The summed E-state index contributed by atoms with van der Waals surface area (Å²) in [5.41, 5.74) is 0.826. The van der Waals surface area contributed by atoms with Gasteiger partial charge < -0.3 is 15.0 Å². The summed E-state index contributed by atoms with van der Waals surface area (Å²) in [5, 5.41) is 13.3. The fraction of sp³-hybridized carbons (Fsp3) is 0.512. The molecule has 9 rings (SSSR count). The Kier molecular flexibility index (Phi) is 12.3. The number of aryl methyl sites for hydroxylation is 1. The second-order valence-electron chi connectivity index (χ2n) is 17.2. The van der Waals surface area contributed by atoms with Gasteiger partial charge >= 0.3 is 5.69 Å². The van der Waals surface area contributed by atoms with Gasteiger partial charge in [-0.25, -0.2) is 35.9 Å². The highest BCUT2D eigenvalue weighted by atomic mass is 32.2. The SMILES string of the molecule is Cn1c(=O)n(C2CCC(=O)NC2=O)c2cccc(C#CCO[C@H]3CCN(CC4CCC(n5cc(NC(=O)c6cnn7ccc(N8CCS(=O)(=O)CC8)nc67)c(C(F)F)n5)CC4)C[C@@H]3F)c21. The number of fused-ring (bicyclic) bond motifs is 2. The standard InChI is InChI=1S/C43H48F3N11O7S/c1-52-38-27(4-2-6-32(38)57(43(52)61)33-11-12-36(58)50-42(33)60)5-3-19-64-34-13-15-53(24-30(34)44)23-26-7-9-28(10-8-26)56-25-31(37(51-56)39(45)46)48-41(59)29-22-47-55-16-14-35(49-40(29)55)54-17-20-65(62,63)21-18-54/h2,4,6,14,16,22,25-26,28,30,33-34,39H,7-13,15,17-21,23-24H2,1H3,(H,48,59)(H,50,58,60)/t26?,28?,30-,33?,34-/m0/s1. The number of rotatable bonds is 10. The summed E-state index contributed by atoms with van der Waals surface area (Å²) in [6.45, 7) is 2.03. The fourth-order valence-corrected chi connectivity index (χ4v) is 10.7. The molecule has 0 radical (unpaired) electrons. The molecule has 3 saturated heterocycles. The first-order chi connectivity index (χ1) is 31.2. The normalized spacial score (nSPS) is 24.0. The predicted molar refractivity (Wildman–Crippen MR) is 231 cm³/mol. The third-order valence-corrected chi connectivity index (χ3v) is 14.6. The highest BCUT2D eigenvalue weighted by Crippen LogP contribution is 2.36. The molecule has 4 aliphatic rings. The van der Waals surface area contributed by atoms with Crippen LogP contribution in [0, 0.1) is 17.8 Å². The van der Waals surface area contributed by atoms with Gasteiger partial charge in [-0.05, 0) is 62.6 Å². The summed E-state index contributed by atoms with van der Waals surface area (Å²) in [6.07, 6.45) is 3.28.